The highest BCUT2D eigenvalue weighted by molar-refractivity contribution is 7.98. The number of nitrogens with one attached hydrogen (secondary N) is 1. The Morgan fingerprint density at radius 2 is 2.08 bits per heavy atom. The minimum atomic E-state index is -0.939. The highest BCUT2D eigenvalue weighted by Gasteiger charge is 2.14. The first-order valence-corrected chi connectivity index (χ1v) is 9.85. The van der Waals surface area contributed by atoms with Crippen LogP contribution in [0.5, 0.6) is 0 Å². The first kappa shape index (κ1) is 18.3. The number of benzene rings is 2. The van der Waals surface area contributed by atoms with Gasteiger partial charge in [0, 0.05) is 17.1 Å². The fourth-order valence-corrected chi connectivity index (χ4v) is 3.26. The summed E-state index contributed by atoms with van der Waals surface area (Å²) in [7, 11) is 0. The number of anilines is 2. The summed E-state index contributed by atoms with van der Waals surface area (Å²) in [6.07, 6.45) is 3.07. The quantitative estimate of drug-likeness (QED) is 0.557. The van der Waals surface area contributed by atoms with Gasteiger partial charge in [0.25, 0.3) is 0 Å². The molecule has 3 aromatic rings. The van der Waals surface area contributed by atoms with E-state index in [1.54, 1.807) is 23.9 Å². The van der Waals surface area contributed by atoms with Crippen LogP contribution < -0.4 is 5.32 Å². The summed E-state index contributed by atoms with van der Waals surface area (Å²) in [4.78, 5) is 17.1. The zero-order valence-electron chi connectivity index (χ0n) is 15.2. The lowest BCUT2D eigenvalue weighted by Gasteiger charge is -2.12. The number of imidazole rings is 1. The number of aromatic nitrogens is 2. The Morgan fingerprint density at radius 1 is 1.27 bits per heavy atom. The van der Waals surface area contributed by atoms with E-state index in [0.717, 1.165) is 30.1 Å². The SMILES string of the molecule is CSc1cccc(Nc2nc3cc(C(=O)O)ccc3n2CCC(C)C)c1. The lowest BCUT2D eigenvalue weighted by atomic mass is 10.1. The third-order valence-electron chi connectivity index (χ3n) is 4.25. The molecule has 6 heteroatoms. The second kappa shape index (κ2) is 7.83. The number of aryl methyl sites for hydroxylation is 1. The van der Waals surface area contributed by atoms with Crippen molar-refractivity contribution in [3.63, 3.8) is 0 Å². The van der Waals surface area contributed by atoms with Gasteiger partial charge in [0.1, 0.15) is 0 Å². The summed E-state index contributed by atoms with van der Waals surface area (Å²) in [5.74, 6) is 0.366. The van der Waals surface area contributed by atoms with Crippen molar-refractivity contribution in [1.82, 2.24) is 9.55 Å². The molecule has 2 N–H and O–H groups in total. The standard InChI is InChI=1S/C20H23N3O2S/c1-13(2)9-10-23-18-8-7-14(19(24)25)11-17(18)22-20(23)21-15-5-4-6-16(12-15)26-3/h4-8,11-13H,9-10H2,1-3H3,(H,21,22)(H,24,25). The number of carboxylic acid groups (broad SMARTS) is 1. The van der Waals surface area contributed by atoms with Crippen molar-refractivity contribution in [2.45, 2.75) is 31.7 Å². The first-order valence-electron chi connectivity index (χ1n) is 8.62. The normalized spacial score (nSPS) is 11.2. The van der Waals surface area contributed by atoms with Crippen LogP contribution in [-0.4, -0.2) is 26.9 Å². The van der Waals surface area contributed by atoms with Crippen LogP contribution >= 0.6 is 11.8 Å². The number of hydrogen-bond donors (Lipinski definition) is 2. The topological polar surface area (TPSA) is 67.2 Å². The summed E-state index contributed by atoms with van der Waals surface area (Å²) in [5, 5.41) is 12.6. The fourth-order valence-electron chi connectivity index (χ4n) is 2.80. The largest absolute Gasteiger partial charge is 0.478 e. The molecule has 0 saturated heterocycles. The number of carboxylic acids is 1. The molecule has 5 nitrogen and oxygen atoms in total. The van der Waals surface area contributed by atoms with E-state index in [9.17, 15) is 9.90 Å². The van der Waals surface area contributed by atoms with Crippen LogP contribution in [0.3, 0.4) is 0 Å². The molecule has 0 unspecified atom stereocenters. The van der Waals surface area contributed by atoms with Crippen LogP contribution in [-0.2, 0) is 6.54 Å². The van der Waals surface area contributed by atoms with Gasteiger partial charge in [-0.3, -0.25) is 0 Å². The van der Waals surface area contributed by atoms with Crippen molar-refractivity contribution in [3.05, 3.63) is 48.0 Å². The zero-order valence-corrected chi connectivity index (χ0v) is 16.0. The molecule has 3 rings (SSSR count). The van der Waals surface area contributed by atoms with Gasteiger partial charge in [0.05, 0.1) is 16.6 Å². The van der Waals surface area contributed by atoms with Gasteiger partial charge in [-0.15, -0.1) is 11.8 Å². The van der Waals surface area contributed by atoms with Gasteiger partial charge in [-0.25, -0.2) is 9.78 Å². The molecule has 136 valence electrons. The summed E-state index contributed by atoms with van der Waals surface area (Å²) >= 11 is 1.69. The van der Waals surface area contributed by atoms with Crippen LogP contribution in [0.4, 0.5) is 11.6 Å². The van der Waals surface area contributed by atoms with Gasteiger partial charge in [-0.1, -0.05) is 19.9 Å². The average Bonchev–Trinajstić information content (AvgIpc) is 2.96. The summed E-state index contributed by atoms with van der Waals surface area (Å²) in [6, 6.07) is 13.3. The van der Waals surface area contributed by atoms with Gasteiger partial charge in [0.2, 0.25) is 5.95 Å². The minimum Gasteiger partial charge on any atom is -0.478 e. The number of carbonyl (C=O) groups is 1. The third kappa shape index (κ3) is 4.02. The van der Waals surface area contributed by atoms with Crippen LogP contribution in [0, 0.1) is 5.92 Å². The maximum atomic E-state index is 11.3. The van der Waals surface area contributed by atoms with Gasteiger partial charge in [0.15, 0.2) is 0 Å². The van der Waals surface area contributed by atoms with Crippen LogP contribution in [0.25, 0.3) is 11.0 Å². The van der Waals surface area contributed by atoms with E-state index in [-0.39, 0.29) is 5.56 Å². The van der Waals surface area contributed by atoms with Crippen molar-refractivity contribution >= 4 is 40.4 Å². The first-order chi connectivity index (χ1) is 12.5. The molecule has 0 amide bonds. The maximum Gasteiger partial charge on any atom is 0.335 e. The predicted molar refractivity (Wildman–Crippen MR) is 108 cm³/mol. The minimum absolute atomic E-state index is 0.252. The smallest absolute Gasteiger partial charge is 0.335 e. The van der Waals surface area contributed by atoms with E-state index in [1.807, 2.05) is 24.5 Å². The van der Waals surface area contributed by atoms with E-state index in [0.29, 0.717) is 11.4 Å². The summed E-state index contributed by atoms with van der Waals surface area (Å²) in [6.45, 7) is 5.21. The molecule has 0 saturated carbocycles. The number of thioether (sulfide) groups is 1. The maximum absolute atomic E-state index is 11.3. The average molecular weight is 369 g/mol. The highest BCUT2D eigenvalue weighted by atomic mass is 32.2. The van der Waals surface area contributed by atoms with Crippen LogP contribution in [0.15, 0.2) is 47.4 Å². The van der Waals surface area contributed by atoms with Gasteiger partial charge >= 0.3 is 5.97 Å². The highest BCUT2D eigenvalue weighted by Crippen LogP contribution is 2.27. The molecule has 26 heavy (non-hydrogen) atoms. The Bertz CT molecular complexity index is 934. The van der Waals surface area contributed by atoms with Crippen molar-refractivity contribution < 1.29 is 9.90 Å². The Balaban J connectivity index is 2.03. The van der Waals surface area contributed by atoms with E-state index >= 15 is 0 Å². The van der Waals surface area contributed by atoms with E-state index in [1.165, 1.54) is 4.90 Å². The van der Waals surface area contributed by atoms with E-state index < -0.39 is 5.97 Å². The van der Waals surface area contributed by atoms with E-state index in [2.05, 4.69) is 40.8 Å². The molecule has 0 spiro atoms. The van der Waals surface area contributed by atoms with Crippen molar-refractivity contribution in [2.75, 3.05) is 11.6 Å². The van der Waals surface area contributed by atoms with Crippen molar-refractivity contribution in [1.29, 1.82) is 0 Å². The molecule has 0 bridgehead atoms. The third-order valence-corrected chi connectivity index (χ3v) is 4.98. The van der Waals surface area contributed by atoms with Gasteiger partial charge < -0.3 is 15.0 Å². The zero-order chi connectivity index (χ0) is 18.7. The molecule has 0 radical (unpaired) electrons. The molecule has 0 atom stereocenters. The molecule has 0 aliphatic heterocycles. The van der Waals surface area contributed by atoms with Gasteiger partial charge in [-0.2, -0.15) is 0 Å². The number of aromatic carboxylic acids is 1. The molecule has 1 aromatic heterocycles. The summed E-state index contributed by atoms with van der Waals surface area (Å²) < 4.78 is 2.13. The second-order valence-electron chi connectivity index (χ2n) is 6.64. The van der Waals surface area contributed by atoms with Gasteiger partial charge in [-0.05, 0) is 55.0 Å². The lowest BCUT2D eigenvalue weighted by molar-refractivity contribution is 0.0697. The van der Waals surface area contributed by atoms with Crippen molar-refractivity contribution in [2.24, 2.45) is 5.92 Å². The monoisotopic (exact) mass is 369 g/mol. The molecule has 1 heterocycles. The number of rotatable bonds is 7. The summed E-state index contributed by atoms with van der Waals surface area (Å²) in [5.41, 5.74) is 2.86. The fraction of sp³-hybridized carbons (Fsp3) is 0.300. The predicted octanol–water partition coefficient (Wildman–Crippen LogP) is 5.25. The van der Waals surface area contributed by atoms with Crippen LogP contribution in [0.2, 0.25) is 0 Å². The van der Waals surface area contributed by atoms with Crippen molar-refractivity contribution in [3.8, 4) is 0 Å². The molecular weight excluding hydrogens is 346 g/mol. The number of fused-ring (bicyclic) bond motifs is 1. The lowest BCUT2D eigenvalue weighted by Crippen LogP contribution is -2.06. The second-order valence-corrected chi connectivity index (χ2v) is 7.51. The molecule has 0 fully saturated rings. The van der Waals surface area contributed by atoms with Crippen LogP contribution in [0.1, 0.15) is 30.6 Å². The number of hydrogen-bond acceptors (Lipinski definition) is 4. The molecule has 0 aliphatic carbocycles. The molecule has 0 aliphatic rings. The Labute approximate surface area is 157 Å². The Hall–Kier alpha value is -2.47. The van der Waals surface area contributed by atoms with E-state index in [4.69, 9.17) is 0 Å². The Kier molecular flexibility index (Phi) is 5.52. The molecule has 2 aromatic carbocycles. The molecular formula is C20H23N3O2S. The number of nitrogens with zero attached hydrogens (tertiary/aromatic N) is 2. The Morgan fingerprint density at radius 3 is 2.77 bits per heavy atom.